The molecule has 1 aromatic rings. The van der Waals surface area contributed by atoms with E-state index in [9.17, 15) is 4.79 Å². The zero-order valence-electron chi connectivity index (χ0n) is 9.37. The van der Waals surface area contributed by atoms with Gasteiger partial charge < -0.3 is 5.32 Å². The Labute approximate surface area is 105 Å². The first-order chi connectivity index (χ1) is 8.19. The van der Waals surface area contributed by atoms with E-state index in [1.54, 1.807) is 18.2 Å². The highest BCUT2D eigenvalue weighted by atomic mass is 35.5. The summed E-state index contributed by atoms with van der Waals surface area (Å²) in [5, 5.41) is 12.2. The molecule has 1 fully saturated rings. The van der Waals surface area contributed by atoms with E-state index in [-0.39, 0.29) is 5.91 Å². The number of hydrogen-bond donors (Lipinski definition) is 1. The number of amides is 1. The van der Waals surface area contributed by atoms with Gasteiger partial charge in [-0.2, -0.15) is 5.26 Å². The van der Waals surface area contributed by atoms with E-state index in [1.165, 1.54) is 6.42 Å². The van der Waals surface area contributed by atoms with Crippen molar-refractivity contribution in [2.24, 2.45) is 5.92 Å². The van der Waals surface area contributed by atoms with Crippen LogP contribution in [0.1, 0.15) is 31.2 Å². The predicted molar refractivity (Wildman–Crippen MR) is 66.8 cm³/mol. The van der Waals surface area contributed by atoms with Crippen molar-refractivity contribution in [1.82, 2.24) is 0 Å². The molecule has 4 heteroatoms. The maximum Gasteiger partial charge on any atom is 0.224 e. The second-order valence-corrected chi connectivity index (χ2v) is 4.79. The second-order valence-electron chi connectivity index (χ2n) is 4.35. The number of anilines is 1. The molecule has 88 valence electrons. The Hall–Kier alpha value is -1.53. The molecule has 0 heterocycles. The standard InChI is InChI=1S/C13H13ClN2O/c14-11-5-4-10(8-15)12(7-11)16-13(17)6-9-2-1-3-9/h4-5,7,9H,1-3,6H2,(H,16,17). The van der Waals surface area contributed by atoms with Gasteiger partial charge in [-0.1, -0.05) is 18.0 Å². The lowest BCUT2D eigenvalue weighted by atomic mass is 9.83. The minimum absolute atomic E-state index is 0.0338. The van der Waals surface area contributed by atoms with E-state index in [2.05, 4.69) is 5.32 Å². The molecule has 1 saturated carbocycles. The van der Waals surface area contributed by atoms with Gasteiger partial charge in [0.2, 0.25) is 5.91 Å². The lowest BCUT2D eigenvalue weighted by molar-refractivity contribution is -0.117. The summed E-state index contributed by atoms with van der Waals surface area (Å²) < 4.78 is 0. The summed E-state index contributed by atoms with van der Waals surface area (Å²) in [5.74, 6) is 0.480. The van der Waals surface area contributed by atoms with Gasteiger partial charge in [-0.05, 0) is 37.0 Å². The summed E-state index contributed by atoms with van der Waals surface area (Å²) in [7, 11) is 0. The minimum Gasteiger partial charge on any atom is -0.325 e. The van der Waals surface area contributed by atoms with Crippen LogP contribution in [0.2, 0.25) is 5.02 Å². The van der Waals surface area contributed by atoms with Gasteiger partial charge in [0.05, 0.1) is 11.3 Å². The van der Waals surface area contributed by atoms with Crippen molar-refractivity contribution in [3.8, 4) is 6.07 Å². The van der Waals surface area contributed by atoms with Crippen LogP contribution >= 0.6 is 11.6 Å². The maximum atomic E-state index is 11.7. The van der Waals surface area contributed by atoms with Crippen LogP contribution in [-0.2, 0) is 4.79 Å². The van der Waals surface area contributed by atoms with Gasteiger partial charge in [-0.15, -0.1) is 0 Å². The molecular weight excluding hydrogens is 236 g/mol. The van der Waals surface area contributed by atoms with Crippen molar-refractivity contribution in [3.63, 3.8) is 0 Å². The molecule has 1 aliphatic rings. The lowest BCUT2D eigenvalue weighted by Gasteiger charge is -2.24. The fourth-order valence-electron chi connectivity index (χ4n) is 1.88. The Balaban J connectivity index is 2.04. The molecule has 0 saturated heterocycles. The van der Waals surface area contributed by atoms with E-state index in [4.69, 9.17) is 16.9 Å². The van der Waals surface area contributed by atoms with Gasteiger partial charge >= 0.3 is 0 Å². The van der Waals surface area contributed by atoms with Crippen LogP contribution in [0.25, 0.3) is 0 Å². The molecule has 0 atom stereocenters. The van der Waals surface area contributed by atoms with E-state index in [0.717, 1.165) is 12.8 Å². The molecular formula is C13H13ClN2O. The number of nitriles is 1. The van der Waals surface area contributed by atoms with Gasteiger partial charge in [0.25, 0.3) is 0 Å². The SMILES string of the molecule is N#Cc1ccc(Cl)cc1NC(=O)CC1CCC1. The van der Waals surface area contributed by atoms with Crippen molar-refractivity contribution in [2.75, 3.05) is 5.32 Å². The summed E-state index contributed by atoms with van der Waals surface area (Å²) in [6, 6.07) is 6.90. The third-order valence-corrected chi connectivity index (χ3v) is 3.31. The lowest BCUT2D eigenvalue weighted by Crippen LogP contribution is -2.21. The van der Waals surface area contributed by atoms with Crippen molar-refractivity contribution in [3.05, 3.63) is 28.8 Å². The Morgan fingerprint density at radius 3 is 2.88 bits per heavy atom. The highest BCUT2D eigenvalue weighted by molar-refractivity contribution is 6.31. The average molecular weight is 249 g/mol. The molecule has 17 heavy (non-hydrogen) atoms. The molecule has 2 rings (SSSR count). The monoisotopic (exact) mass is 248 g/mol. The fourth-order valence-corrected chi connectivity index (χ4v) is 2.05. The van der Waals surface area contributed by atoms with Crippen LogP contribution < -0.4 is 5.32 Å². The van der Waals surface area contributed by atoms with E-state index in [1.807, 2.05) is 6.07 Å². The van der Waals surface area contributed by atoms with Crippen molar-refractivity contribution in [2.45, 2.75) is 25.7 Å². The molecule has 3 nitrogen and oxygen atoms in total. The Kier molecular flexibility index (Phi) is 3.65. The van der Waals surface area contributed by atoms with Crippen LogP contribution in [0.4, 0.5) is 5.69 Å². The molecule has 0 radical (unpaired) electrons. The summed E-state index contributed by atoms with van der Waals surface area (Å²) in [5.41, 5.74) is 0.945. The van der Waals surface area contributed by atoms with Gasteiger partial charge in [0.1, 0.15) is 6.07 Å². The topological polar surface area (TPSA) is 52.9 Å². The minimum atomic E-state index is -0.0338. The quantitative estimate of drug-likeness (QED) is 0.892. The summed E-state index contributed by atoms with van der Waals surface area (Å²) in [6.45, 7) is 0. The average Bonchev–Trinajstić information content (AvgIpc) is 2.24. The molecule has 0 aliphatic heterocycles. The van der Waals surface area contributed by atoms with Gasteiger partial charge in [0.15, 0.2) is 0 Å². The van der Waals surface area contributed by atoms with Crippen molar-refractivity contribution >= 4 is 23.2 Å². The zero-order valence-corrected chi connectivity index (χ0v) is 10.1. The number of nitrogens with one attached hydrogen (secondary N) is 1. The first-order valence-corrected chi connectivity index (χ1v) is 6.06. The molecule has 0 aromatic heterocycles. The fraction of sp³-hybridized carbons (Fsp3) is 0.385. The van der Waals surface area contributed by atoms with Crippen LogP contribution in [0, 0.1) is 17.2 Å². The molecule has 0 bridgehead atoms. The number of carbonyl (C=O) groups excluding carboxylic acids is 1. The Morgan fingerprint density at radius 2 is 2.29 bits per heavy atom. The second kappa shape index (κ2) is 5.20. The van der Waals surface area contributed by atoms with Crippen LogP contribution in [0.5, 0.6) is 0 Å². The first-order valence-electron chi connectivity index (χ1n) is 5.68. The third kappa shape index (κ3) is 2.98. The van der Waals surface area contributed by atoms with Crippen molar-refractivity contribution in [1.29, 1.82) is 5.26 Å². The largest absolute Gasteiger partial charge is 0.325 e. The highest BCUT2D eigenvalue weighted by Gasteiger charge is 2.21. The van der Waals surface area contributed by atoms with E-state index < -0.39 is 0 Å². The number of nitrogens with zero attached hydrogens (tertiary/aromatic N) is 1. The van der Waals surface area contributed by atoms with E-state index in [0.29, 0.717) is 28.6 Å². The summed E-state index contributed by atoms with van der Waals surface area (Å²) >= 11 is 5.84. The normalized spacial score (nSPS) is 14.8. The predicted octanol–water partition coefficient (Wildman–Crippen LogP) is 3.34. The molecule has 1 N–H and O–H groups in total. The first kappa shape index (κ1) is 11.9. The van der Waals surface area contributed by atoms with Crippen molar-refractivity contribution < 1.29 is 4.79 Å². The van der Waals surface area contributed by atoms with Crippen LogP contribution in [0.3, 0.4) is 0 Å². The van der Waals surface area contributed by atoms with Crippen LogP contribution in [0.15, 0.2) is 18.2 Å². The number of carbonyl (C=O) groups is 1. The van der Waals surface area contributed by atoms with E-state index >= 15 is 0 Å². The smallest absolute Gasteiger partial charge is 0.224 e. The van der Waals surface area contributed by atoms with Gasteiger partial charge in [-0.3, -0.25) is 4.79 Å². The number of benzene rings is 1. The molecule has 1 aromatic carbocycles. The molecule has 1 aliphatic carbocycles. The number of halogens is 1. The summed E-state index contributed by atoms with van der Waals surface area (Å²) in [6.07, 6.45) is 4.03. The third-order valence-electron chi connectivity index (χ3n) is 3.07. The zero-order chi connectivity index (χ0) is 12.3. The molecule has 1 amide bonds. The van der Waals surface area contributed by atoms with Crippen LogP contribution in [-0.4, -0.2) is 5.91 Å². The van der Waals surface area contributed by atoms with Gasteiger partial charge in [0, 0.05) is 11.4 Å². The molecule has 0 unspecified atom stereocenters. The number of rotatable bonds is 3. The Bertz CT molecular complexity index is 475. The summed E-state index contributed by atoms with van der Waals surface area (Å²) in [4.78, 5) is 11.7. The Morgan fingerprint density at radius 1 is 1.53 bits per heavy atom. The molecule has 0 spiro atoms. The maximum absolute atomic E-state index is 11.7. The van der Waals surface area contributed by atoms with Gasteiger partial charge in [-0.25, -0.2) is 0 Å². The highest BCUT2D eigenvalue weighted by Crippen LogP contribution is 2.30. The number of hydrogen-bond acceptors (Lipinski definition) is 2.